The first-order valence-electron chi connectivity index (χ1n) is 6.07. The molecule has 8 heteroatoms. The van der Waals surface area contributed by atoms with Crippen molar-refractivity contribution in [3.63, 3.8) is 0 Å². The Hall–Kier alpha value is -2.14. The van der Waals surface area contributed by atoms with Crippen LogP contribution in [0.5, 0.6) is 0 Å². The topological polar surface area (TPSA) is 113 Å². The number of benzene rings is 1. The molecular formula is C12H13N3O4S. The van der Waals surface area contributed by atoms with Crippen molar-refractivity contribution >= 4 is 21.2 Å². The average molecular weight is 295 g/mol. The van der Waals surface area contributed by atoms with Gasteiger partial charge in [-0.05, 0) is 25.0 Å². The van der Waals surface area contributed by atoms with Crippen LogP contribution in [0.3, 0.4) is 0 Å². The van der Waals surface area contributed by atoms with Gasteiger partial charge in [-0.25, -0.2) is 8.42 Å². The second kappa shape index (κ2) is 5.46. The SMILES string of the molecule is N#Cc1cc(NC2CCCS(=O)(=O)C2)ccc1[N+](=O)[O-]. The minimum atomic E-state index is -3.03. The molecule has 1 aromatic carbocycles. The first-order chi connectivity index (χ1) is 9.41. The molecule has 1 heterocycles. The average Bonchev–Trinajstić information content (AvgIpc) is 2.37. The highest BCUT2D eigenvalue weighted by atomic mass is 32.2. The molecule has 1 aliphatic heterocycles. The standard InChI is InChI=1S/C12H13N3O4S/c13-7-9-6-10(3-4-12(9)15(16)17)14-11-2-1-5-20(18,19)8-11/h3-4,6,11,14H,1-2,5,8H2. The molecule has 1 aliphatic rings. The number of nitriles is 1. The molecule has 1 unspecified atom stereocenters. The van der Waals surface area contributed by atoms with E-state index < -0.39 is 14.8 Å². The van der Waals surface area contributed by atoms with Crippen LogP contribution >= 0.6 is 0 Å². The lowest BCUT2D eigenvalue weighted by molar-refractivity contribution is -0.385. The molecule has 0 aromatic heterocycles. The lowest BCUT2D eigenvalue weighted by Crippen LogP contribution is -2.34. The number of nitrogens with zero attached hydrogens (tertiary/aromatic N) is 2. The van der Waals surface area contributed by atoms with E-state index in [1.54, 1.807) is 6.07 Å². The quantitative estimate of drug-likeness (QED) is 0.667. The molecule has 1 N–H and O–H groups in total. The van der Waals surface area contributed by atoms with Gasteiger partial charge in [0.1, 0.15) is 11.6 Å². The summed E-state index contributed by atoms with van der Waals surface area (Å²) in [5.41, 5.74) is 0.224. The minimum absolute atomic E-state index is 0.0429. The number of sulfone groups is 1. The summed E-state index contributed by atoms with van der Waals surface area (Å²) in [7, 11) is -3.03. The van der Waals surface area contributed by atoms with E-state index in [1.807, 2.05) is 0 Å². The molecule has 0 radical (unpaired) electrons. The molecule has 106 valence electrons. The third kappa shape index (κ3) is 3.24. The first-order valence-corrected chi connectivity index (χ1v) is 7.89. The van der Waals surface area contributed by atoms with Crippen LogP contribution in [0.15, 0.2) is 18.2 Å². The molecule has 0 amide bonds. The van der Waals surface area contributed by atoms with Gasteiger partial charge in [0, 0.05) is 17.8 Å². The summed E-state index contributed by atoms with van der Waals surface area (Å²) in [5, 5.41) is 22.6. The maximum absolute atomic E-state index is 11.5. The Kier molecular flexibility index (Phi) is 3.90. The van der Waals surface area contributed by atoms with E-state index in [-0.39, 0.29) is 28.8 Å². The summed E-state index contributed by atoms with van der Waals surface area (Å²) < 4.78 is 23.1. The summed E-state index contributed by atoms with van der Waals surface area (Å²) in [4.78, 5) is 10.1. The van der Waals surface area contributed by atoms with Gasteiger partial charge < -0.3 is 5.32 Å². The normalized spacial score (nSPS) is 20.9. The van der Waals surface area contributed by atoms with Crippen molar-refractivity contribution in [1.29, 1.82) is 5.26 Å². The molecule has 0 bridgehead atoms. The number of hydrogen-bond acceptors (Lipinski definition) is 6. The maximum Gasteiger partial charge on any atom is 0.287 e. The second-order valence-electron chi connectivity index (χ2n) is 4.70. The Bertz CT molecular complexity index is 678. The fourth-order valence-electron chi connectivity index (χ4n) is 2.25. The molecule has 20 heavy (non-hydrogen) atoms. The van der Waals surface area contributed by atoms with E-state index in [2.05, 4.69) is 5.32 Å². The van der Waals surface area contributed by atoms with Crippen molar-refractivity contribution in [3.8, 4) is 6.07 Å². The van der Waals surface area contributed by atoms with Crippen molar-refractivity contribution in [1.82, 2.24) is 0 Å². The van der Waals surface area contributed by atoms with Gasteiger partial charge in [-0.2, -0.15) is 5.26 Å². The highest BCUT2D eigenvalue weighted by molar-refractivity contribution is 7.91. The molecule has 7 nitrogen and oxygen atoms in total. The van der Waals surface area contributed by atoms with Gasteiger partial charge in [0.2, 0.25) is 0 Å². The van der Waals surface area contributed by atoms with Crippen LogP contribution < -0.4 is 5.32 Å². The lowest BCUT2D eigenvalue weighted by atomic mass is 10.1. The Morgan fingerprint density at radius 3 is 2.80 bits per heavy atom. The maximum atomic E-state index is 11.5. The Morgan fingerprint density at radius 1 is 1.45 bits per heavy atom. The van der Waals surface area contributed by atoms with E-state index in [0.717, 1.165) is 6.42 Å². The lowest BCUT2D eigenvalue weighted by Gasteiger charge is -2.24. The largest absolute Gasteiger partial charge is 0.381 e. The van der Waals surface area contributed by atoms with Gasteiger partial charge in [0.05, 0.1) is 16.4 Å². The van der Waals surface area contributed by atoms with Crippen LogP contribution in [0, 0.1) is 21.4 Å². The number of nitro benzene ring substituents is 1. The second-order valence-corrected chi connectivity index (χ2v) is 6.93. The number of nitrogens with one attached hydrogen (secondary N) is 1. The monoisotopic (exact) mass is 295 g/mol. The minimum Gasteiger partial charge on any atom is -0.381 e. The predicted molar refractivity (Wildman–Crippen MR) is 73.1 cm³/mol. The van der Waals surface area contributed by atoms with Crippen molar-refractivity contribution in [2.24, 2.45) is 0 Å². The van der Waals surface area contributed by atoms with Crippen LogP contribution in [-0.2, 0) is 9.84 Å². The molecule has 2 rings (SSSR count). The van der Waals surface area contributed by atoms with Crippen molar-refractivity contribution in [2.75, 3.05) is 16.8 Å². The van der Waals surface area contributed by atoms with Crippen LogP contribution in [0.2, 0.25) is 0 Å². The number of rotatable bonds is 3. The molecular weight excluding hydrogens is 282 g/mol. The molecule has 0 saturated carbocycles. The fraction of sp³-hybridized carbons (Fsp3) is 0.417. The van der Waals surface area contributed by atoms with Crippen molar-refractivity contribution in [3.05, 3.63) is 33.9 Å². The third-order valence-electron chi connectivity index (χ3n) is 3.15. The van der Waals surface area contributed by atoms with E-state index in [9.17, 15) is 18.5 Å². The van der Waals surface area contributed by atoms with Crippen LogP contribution in [-0.4, -0.2) is 30.9 Å². The molecule has 1 aromatic rings. The predicted octanol–water partition coefficient (Wildman–Crippen LogP) is 1.46. The summed E-state index contributed by atoms with van der Waals surface area (Å²) in [6.07, 6.45) is 1.32. The molecule has 0 spiro atoms. The van der Waals surface area contributed by atoms with Crippen LogP contribution in [0.1, 0.15) is 18.4 Å². The van der Waals surface area contributed by atoms with Crippen molar-refractivity contribution < 1.29 is 13.3 Å². The Morgan fingerprint density at radius 2 is 2.20 bits per heavy atom. The summed E-state index contributed by atoms with van der Waals surface area (Å²) in [6, 6.07) is 5.66. The van der Waals surface area contributed by atoms with Gasteiger partial charge in [0.25, 0.3) is 5.69 Å². The van der Waals surface area contributed by atoms with Gasteiger partial charge in [-0.15, -0.1) is 0 Å². The van der Waals surface area contributed by atoms with Crippen LogP contribution in [0.4, 0.5) is 11.4 Å². The van der Waals surface area contributed by atoms with Gasteiger partial charge in [0.15, 0.2) is 9.84 Å². The van der Waals surface area contributed by atoms with Gasteiger partial charge in [-0.1, -0.05) is 0 Å². The van der Waals surface area contributed by atoms with E-state index in [1.165, 1.54) is 18.2 Å². The summed E-state index contributed by atoms with van der Waals surface area (Å²) >= 11 is 0. The summed E-state index contributed by atoms with van der Waals surface area (Å²) in [6.45, 7) is 0. The van der Waals surface area contributed by atoms with Gasteiger partial charge >= 0.3 is 0 Å². The summed E-state index contributed by atoms with van der Waals surface area (Å²) in [5.74, 6) is 0.251. The molecule has 1 fully saturated rings. The zero-order valence-corrected chi connectivity index (χ0v) is 11.4. The van der Waals surface area contributed by atoms with E-state index >= 15 is 0 Å². The van der Waals surface area contributed by atoms with E-state index in [4.69, 9.17) is 5.26 Å². The zero-order chi connectivity index (χ0) is 14.8. The smallest absolute Gasteiger partial charge is 0.287 e. The van der Waals surface area contributed by atoms with Crippen molar-refractivity contribution in [2.45, 2.75) is 18.9 Å². The highest BCUT2D eigenvalue weighted by Crippen LogP contribution is 2.24. The fourth-order valence-corrected chi connectivity index (χ4v) is 3.88. The first kappa shape index (κ1) is 14.3. The molecule has 1 atom stereocenters. The molecule has 1 saturated heterocycles. The highest BCUT2D eigenvalue weighted by Gasteiger charge is 2.25. The Labute approximate surface area is 116 Å². The van der Waals surface area contributed by atoms with Gasteiger partial charge in [-0.3, -0.25) is 10.1 Å². The number of hydrogen-bond donors (Lipinski definition) is 1. The zero-order valence-electron chi connectivity index (χ0n) is 10.6. The number of nitro groups is 1. The number of anilines is 1. The Balaban J connectivity index is 2.18. The third-order valence-corrected chi connectivity index (χ3v) is 4.97. The van der Waals surface area contributed by atoms with Crippen LogP contribution in [0.25, 0.3) is 0 Å². The molecule has 0 aliphatic carbocycles. The van der Waals surface area contributed by atoms with E-state index in [0.29, 0.717) is 12.1 Å².